The standard InChI is InChI=1S/C12H16N2O3S/c1-3-17-6-18-11-9(12(15)16)7(2)13-10(14-11)8-4-5-8/h8H,3-6H2,1-2H3,(H,15,16). The Labute approximate surface area is 110 Å². The fourth-order valence-electron chi connectivity index (χ4n) is 1.62. The quantitative estimate of drug-likeness (QED) is 0.370. The van der Waals surface area contributed by atoms with E-state index in [0.717, 1.165) is 18.7 Å². The van der Waals surface area contributed by atoms with Gasteiger partial charge in [0.05, 0.1) is 11.6 Å². The first kappa shape index (κ1) is 13.3. The highest BCUT2D eigenvalue weighted by molar-refractivity contribution is 7.99. The molecule has 0 aromatic carbocycles. The van der Waals surface area contributed by atoms with Crippen molar-refractivity contribution in [1.82, 2.24) is 9.97 Å². The first-order valence-corrected chi connectivity index (χ1v) is 6.94. The largest absolute Gasteiger partial charge is 0.478 e. The third-order valence-corrected chi connectivity index (χ3v) is 3.57. The van der Waals surface area contributed by atoms with Crippen LogP contribution in [-0.2, 0) is 4.74 Å². The Bertz CT molecular complexity index is 461. The summed E-state index contributed by atoms with van der Waals surface area (Å²) in [6.45, 7) is 4.23. The van der Waals surface area contributed by atoms with Crippen molar-refractivity contribution in [2.45, 2.75) is 37.6 Å². The average molecular weight is 268 g/mol. The van der Waals surface area contributed by atoms with Gasteiger partial charge in [-0.2, -0.15) is 0 Å². The number of nitrogens with zero attached hydrogens (tertiary/aromatic N) is 2. The van der Waals surface area contributed by atoms with Crippen LogP contribution in [0.2, 0.25) is 0 Å². The van der Waals surface area contributed by atoms with Crippen LogP contribution in [0.4, 0.5) is 0 Å². The molecule has 1 aromatic rings. The third-order valence-electron chi connectivity index (χ3n) is 2.71. The van der Waals surface area contributed by atoms with Gasteiger partial charge in [-0.15, -0.1) is 0 Å². The maximum absolute atomic E-state index is 11.2. The van der Waals surface area contributed by atoms with Crippen molar-refractivity contribution in [2.75, 3.05) is 12.5 Å². The Hall–Kier alpha value is -1.14. The van der Waals surface area contributed by atoms with Crippen LogP contribution in [0, 0.1) is 6.92 Å². The maximum Gasteiger partial charge on any atom is 0.340 e. The Kier molecular flexibility index (Phi) is 4.19. The van der Waals surface area contributed by atoms with Crippen molar-refractivity contribution in [3.05, 3.63) is 17.1 Å². The zero-order valence-electron chi connectivity index (χ0n) is 10.5. The van der Waals surface area contributed by atoms with E-state index in [0.29, 0.717) is 29.2 Å². The van der Waals surface area contributed by atoms with Gasteiger partial charge in [0.25, 0.3) is 0 Å². The summed E-state index contributed by atoms with van der Waals surface area (Å²) in [5.41, 5.74) is 0.738. The number of ether oxygens (including phenoxy) is 1. The molecule has 0 atom stereocenters. The van der Waals surface area contributed by atoms with Gasteiger partial charge in [0, 0.05) is 12.5 Å². The molecule has 0 amide bonds. The lowest BCUT2D eigenvalue weighted by molar-refractivity contribution is 0.0690. The van der Waals surface area contributed by atoms with E-state index in [1.54, 1.807) is 6.92 Å². The molecule has 1 N–H and O–H groups in total. The number of aryl methyl sites for hydroxylation is 1. The lowest BCUT2D eigenvalue weighted by Gasteiger charge is -2.09. The van der Waals surface area contributed by atoms with Crippen LogP contribution in [0.5, 0.6) is 0 Å². The summed E-state index contributed by atoms with van der Waals surface area (Å²) in [6, 6.07) is 0. The number of thioether (sulfide) groups is 1. The maximum atomic E-state index is 11.2. The summed E-state index contributed by atoms with van der Waals surface area (Å²) < 4.78 is 5.24. The number of carboxylic acids is 1. The first-order valence-electron chi connectivity index (χ1n) is 5.95. The lowest BCUT2D eigenvalue weighted by Crippen LogP contribution is -2.09. The van der Waals surface area contributed by atoms with Crippen LogP contribution in [0.15, 0.2) is 5.03 Å². The fraction of sp³-hybridized carbons (Fsp3) is 0.583. The molecule has 0 radical (unpaired) electrons. The zero-order chi connectivity index (χ0) is 13.1. The Morgan fingerprint density at radius 1 is 1.50 bits per heavy atom. The van der Waals surface area contributed by atoms with Crippen molar-refractivity contribution in [1.29, 1.82) is 0 Å². The topological polar surface area (TPSA) is 72.3 Å². The molecule has 1 heterocycles. The molecule has 1 aliphatic rings. The van der Waals surface area contributed by atoms with Crippen LogP contribution >= 0.6 is 11.8 Å². The van der Waals surface area contributed by atoms with E-state index in [2.05, 4.69) is 9.97 Å². The molecular weight excluding hydrogens is 252 g/mol. The number of aromatic carboxylic acids is 1. The molecule has 0 bridgehead atoms. The molecular formula is C12H16N2O3S. The molecule has 1 saturated carbocycles. The molecule has 1 aliphatic carbocycles. The van der Waals surface area contributed by atoms with Crippen LogP contribution in [-0.4, -0.2) is 33.6 Å². The summed E-state index contributed by atoms with van der Waals surface area (Å²) in [6.07, 6.45) is 2.20. The second kappa shape index (κ2) is 5.67. The van der Waals surface area contributed by atoms with Gasteiger partial charge < -0.3 is 9.84 Å². The van der Waals surface area contributed by atoms with Gasteiger partial charge in [-0.1, -0.05) is 11.8 Å². The summed E-state index contributed by atoms with van der Waals surface area (Å²) in [7, 11) is 0. The van der Waals surface area contributed by atoms with Gasteiger partial charge in [0.15, 0.2) is 0 Å². The van der Waals surface area contributed by atoms with Crippen LogP contribution in [0.1, 0.15) is 47.6 Å². The van der Waals surface area contributed by atoms with Gasteiger partial charge in [-0.05, 0) is 26.7 Å². The molecule has 1 aromatic heterocycles. The minimum absolute atomic E-state index is 0.198. The predicted octanol–water partition coefficient (Wildman–Crippen LogP) is 2.45. The van der Waals surface area contributed by atoms with E-state index in [9.17, 15) is 9.90 Å². The SMILES string of the molecule is CCOCSc1nc(C2CC2)nc(C)c1C(=O)O. The van der Waals surface area contributed by atoms with Crippen LogP contribution in [0.25, 0.3) is 0 Å². The molecule has 0 aliphatic heterocycles. The van der Waals surface area contributed by atoms with E-state index in [-0.39, 0.29) is 5.56 Å². The Balaban J connectivity index is 2.28. The average Bonchev–Trinajstić information content (AvgIpc) is 3.11. The minimum Gasteiger partial charge on any atom is -0.478 e. The van der Waals surface area contributed by atoms with E-state index < -0.39 is 5.97 Å². The van der Waals surface area contributed by atoms with Gasteiger partial charge in [-0.3, -0.25) is 0 Å². The van der Waals surface area contributed by atoms with E-state index in [4.69, 9.17) is 4.74 Å². The summed E-state index contributed by atoms with van der Waals surface area (Å²) in [5, 5.41) is 9.73. The fourth-order valence-corrected chi connectivity index (χ4v) is 2.52. The smallest absolute Gasteiger partial charge is 0.340 e. The number of rotatable bonds is 6. The van der Waals surface area contributed by atoms with Crippen molar-refractivity contribution in [2.24, 2.45) is 0 Å². The Morgan fingerprint density at radius 3 is 2.78 bits per heavy atom. The number of carboxylic acid groups (broad SMARTS) is 1. The molecule has 0 unspecified atom stereocenters. The molecule has 18 heavy (non-hydrogen) atoms. The van der Waals surface area contributed by atoms with Crippen molar-refractivity contribution >= 4 is 17.7 Å². The second-order valence-electron chi connectivity index (χ2n) is 4.18. The van der Waals surface area contributed by atoms with Crippen LogP contribution < -0.4 is 0 Å². The molecule has 0 spiro atoms. The van der Waals surface area contributed by atoms with E-state index >= 15 is 0 Å². The normalized spacial score (nSPS) is 14.8. The van der Waals surface area contributed by atoms with Gasteiger partial charge in [-0.25, -0.2) is 14.8 Å². The summed E-state index contributed by atoms with van der Waals surface area (Å²) >= 11 is 1.32. The highest BCUT2D eigenvalue weighted by Gasteiger charge is 2.29. The van der Waals surface area contributed by atoms with E-state index in [1.807, 2.05) is 6.92 Å². The molecule has 5 nitrogen and oxygen atoms in total. The first-order chi connectivity index (χ1) is 8.63. The second-order valence-corrected chi connectivity index (χ2v) is 5.09. The lowest BCUT2D eigenvalue weighted by atomic mass is 10.2. The Morgan fingerprint density at radius 2 is 2.22 bits per heavy atom. The number of hydrogen-bond acceptors (Lipinski definition) is 5. The molecule has 1 fully saturated rings. The number of aromatic nitrogens is 2. The predicted molar refractivity (Wildman–Crippen MR) is 68.1 cm³/mol. The van der Waals surface area contributed by atoms with Crippen molar-refractivity contribution in [3.63, 3.8) is 0 Å². The highest BCUT2D eigenvalue weighted by atomic mass is 32.2. The third kappa shape index (κ3) is 3.00. The monoisotopic (exact) mass is 268 g/mol. The van der Waals surface area contributed by atoms with Crippen LogP contribution in [0.3, 0.4) is 0 Å². The van der Waals surface area contributed by atoms with E-state index in [1.165, 1.54) is 11.8 Å². The molecule has 98 valence electrons. The minimum atomic E-state index is -0.978. The summed E-state index contributed by atoms with van der Waals surface area (Å²) in [4.78, 5) is 19.9. The number of carbonyl (C=O) groups is 1. The highest BCUT2D eigenvalue weighted by Crippen LogP contribution is 2.39. The van der Waals surface area contributed by atoms with Gasteiger partial charge in [0.1, 0.15) is 16.4 Å². The molecule has 2 rings (SSSR count). The zero-order valence-corrected chi connectivity index (χ0v) is 11.3. The van der Waals surface area contributed by atoms with Crippen molar-refractivity contribution in [3.8, 4) is 0 Å². The molecule has 0 saturated heterocycles. The molecule has 6 heteroatoms. The van der Waals surface area contributed by atoms with Crippen molar-refractivity contribution < 1.29 is 14.6 Å². The number of hydrogen-bond donors (Lipinski definition) is 1. The summed E-state index contributed by atoms with van der Waals surface area (Å²) in [5.74, 6) is 0.625. The van der Waals surface area contributed by atoms with Gasteiger partial charge in [0.2, 0.25) is 0 Å². The van der Waals surface area contributed by atoms with Gasteiger partial charge >= 0.3 is 5.97 Å².